The smallest absolute Gasteiger partial charge is 0.305 e. The number of rotatable bonds is 4. The number of nitrogen functional groups attached to an aromatic ring is 1. The minimum absolute atomic E-state index is 0.190. The predicted octanol–water partition coefficient (Wildman–Crippen LogP) is 0.784. The highest BCUT2D eigenvalue weighted by Gasteiger charge is 2.13. The molecule has 0 amide bonds. The molecule has 0 radical (unpaired) electrons. The van der Waals surface area contributed by atoms with Crippen LogP contribution in [0.4, 0.5) is 11.4 Å². The van der Waals surface area contributed by atoms with E-state index in [-0.39, 0.29) is 5.97 Å². The molecule has 5 nitrogen and oxygen atoms in total. The fourth-order valence-corrected chi connectivity index (χ4v) is 2.30. The lowest BCUT2D eigenvalue weighted by Crippen LogP contribution is -2.43. The summed E-state index contributed by atoms with van der Waals surface area (Å²) in [6.45, 7) is 3.93. The van der Waals surface area contributed by atoms with Crippen LogP contribution in [0.5, 0.6) is 0 Å². The van der Waals surface area contributed by atoms with E-state index in [2.05, 4.69) is 15.0 Å². The lowest BCUT2D eigenvalue weighted by Gasteiger charge is -2.30. The van der Waals surface area contributed by atoms with E-state index in [9.17, 15) is 4.79 Å². The first-order valence-electron chi connectivity index (χ1n) is 6.61. The van der Waals surface area contributed by atoms with Crippen molar-refractivity contribution in [1.82, 2.24) is 5.32 Å². The first-order valence-corrected chi connectivity index (χ1v) is 6.61. The van der Waals surface area contributed by atoms with Crippen molar-refractivity contribution >= 4 is 17.3 Å². The maximum absolute atomic E-state index is 11.1. The SMILES string of the molecule is COC(=O)CCc1ccc(N2CCNCC2)c(N)c1. The lowest BCUT2D eigenvalue weighted by atomic mass is 10.1. The highest BCUT2D eigenvalue weighted by atomic mass is 16.5. The summed E-state index contributed by atoms with van der Waals surface area (Å²) in [5.41, 5.74) is 9.05. The maximum atomic E-state index is 11.1. The number of nitrogens with one attached hydrogen (secondary N) is 1. The molecule has 19 heavy (non-hydrogen) atoms. The Hall–Kier alpha value is -1.75. The molecule has 0 spiro atoms. The van der Waals surface area contributed by atoms with Gasteiger partial charge >= 0.3 is 5.97 Å². The van der Waals surface area contributed by atoms with Crippen LogP contribution in [0.15, 0.2) is 18.2 Å². The molecule has 5 heteroatoms. The van der Waals surface area contributed by atoms with Crippen molar-refractivity contribution in [2.75, 3.05) is 43.9 Å². The van der Waals surface area contributed by atoms with Crippen molar-refractivity contribution in [3.63, 3.8) is 0 Å². The molecule has 1 heterocycles. The van der Waals surface area contributed by atoms with Crippen LogP contribution in [0, 0.1) is 0 Å². The molecule has 0 saturated carbocycles. The van der Waals surface area contributed by atoms with Gasteiger partial charge in [0.1, 0.15) is 0 Å². The Balaban J connectivity index is 2.01. The van der Waals surface area contributed by atoms with E-state index in [0.29, 0.717) is 12.8 Å². The van der Waals surface area contributed by atoms with Crippen molar-refractivity contribution in [2.24, 2.45) is 0 Å². The molecule has 0 aliphatic carbocycles. The minimum Gasteiger partial charge on any atom is -0.469 e. The van der Waals surface area contributed by atoms with Crippen molar-refractivity contribution in [1.29, 1.82) is 0 Å². The number of aryl methyl sites for hydroxylation is 1. The number of hydrogen-bond acceptors (Lipinski definition) is 5. The number of nitrogens with two attached hydrogens (primary N) is 1. The Labute approximate surface area is 113 Å². The van der Waals surface area contributed by atoms with Gasteiger partial charge < -0.3 is 20.7 Å². The summed E-state index contributed by atoms with van der Waals surface area (Å²) < 4.78 is 4.64. The minimum atomic E-state index is -0.190. The summed E-state index contributed by atoms with van der Waals surface area (Å²) in [6.07, 6.45) is 1.06. The van der Waals surface area contributed by atoms with Gasteiger partial charge in [0.25, 0.3) is 0 Å². The Kier molecular flexibility index (Phi) is 4.63. The number of carbonyl (C=O) groups is 1. The van der Waals surface area contributed by atoms with E-state index >= 15 is 0 Å². The number of esters is 1. The zero-order chi connectivity index (χ0) is 13.7. The van der Waals surface area contributed by atoms with Gasteiger partial charge in [-0.3, -0.25) is 4.79 Å². The number of nitrogens with zero attached hydrogens (tertiary/aromatic N) is 1. The largest absolute Gasteiger partial charge is 0.469 e. The van der Waals surface area contributed by atoms with Gasteiger partial charge in [-0.2, -0.15) is 0 Å². The number of benzene rings is 1. The fraction of sp³-hybridized carbons (Fsp3) is 0.500. The highest BCUT2D eigenvalue weighted by Crippen LogP contribution is 2.25. The van der Waals surface area contributed by atoms with Crippen LogP contribution in [0.2, 0.25) is 0 Å². The normalized spacial score (nSPS) is 15.3. The average molecular weight is 263 g/mol. The molecule has 104 valence electrons. The molecule has 1 aromatic rings. The van der Waals surface area contributed by atoms with Gasteiger partial charge in [0, 0.05) is 32.6 Å². The fourth-order valence-electron chi connectivity index (χ4n) is 2.30. The third-order valence-corrected chi connectivity index (χ3v) is 3.40. The predicted molar refractivity (Wildman–Crippen MR) is 76.3 cm³/mol. The second-order valence-electron chi connectivity index (χ2n) is 4.71. The van der Waals surface area contributed by atoms with E-state index in [1.54, 1.807) is 0 Å². The van der Waals surface area contributed by atoms with Crippen LogP contribution in [-0.2, 0) is 16.0 Å². The van der Waals surface area contributed by atoms with Crippen LogP contribution in [0.25, 0.3) is 0 Å². The summed E-state index contributed by atoms with van der Waals surface area (Å²) in [7, 11) is 1.41. The third kappa shape index (κ3) is 3.61. The quantitative estimate of drug-likeness (QED) is 0.621. The zero-order valence-corrected chi connectivity index (χ0v) is 11.3. The average Bonchev–Trinajstić information content (AvgIpc) is 2.45. The van der Waals surface area contributed by atoms with Crippen molar-refractivity contribution in [3.8, 4) is 0 Å². The molecule has 0 unspecified atom stereocenters. The molecular formula is C14H21N3O2. The Morgan fingerprint density at radius 1 is 1.42 bits per heavy atom. The number of piperazine rings is 1. The van der Waals surface area contributed by atoms with Crippen LogP contribution in [0.3, 0.4) is 0 Å². The number of ether oxygens (including phenoxy) is 1. The standard InChI is InChI=1S/C14H21N3O2/c1-19-14(18)5-3-11-2-4-13(12(15)10-11)17-8-6-16-7-9-17/h2,4,10,16H,3,5-9,15H2,1H3. The van der Waals surface area contributed by atoms with Gasteiger partial charge in [0.15, 0.2) is 0 Å². The van der Waals surface area contributed by atoms with Gasteiger partial charge in [0.2, 0.25) is 0 Å². The molecular weight excluding hydrogens is 242 g/mol. The molecule has 1 aliphatic rings. The second-order valence-corrected chi connectivity index (χ2v) is 4.71. The summed E-state index contributed by atoms with van der Waals surface area (Å²) in [5.74, 6) is -0.190. The van der Waals surface area contributed by atoms with Crippen molar-refractivity contribution in [2.45, 2.75) is 12.8 Å². The molecule has 0 aromatic heterocycles. The van der Waals surface area contributed by atoms with E-state index in [4.69, 9.17) is 5.73 Å². The summed E-state index contributed by atoms with van der Waals surface area (Å²) in [6, 6.07) is 6.05. The number of methoxy groups -OCH3 is 1. The number of anilines is 2. The molecule has 3 N–H and O–H groups in total. The molecule has 1 aromatic carbocycles. The van der Waals surface area contributed by atoms with Gasteiger partial charge in [-0.05, 0) is 24.1 Å². The number of hydrogen-bond donors (Lipinski definition) is 2. The second kappa shape index (κ2) is 6.43. The number of carbonyl (C=O) groups excluding carboxylic acids is 1. The van der Waals surface area contributed by atoms with E-state index in [0.717, 1.165) is 43.1 Å². The van der Waals surface area contributed by atoms with Crippen LogP contribution < -0.4 is 16.0 Å². The molecule has 0 bridgehead atoms. The van der Waals surface area contributed by atoms with Crippen molar-refractivity contribution < 1.29 is 9.53 Å². The van der Waals surface area contributed by atoms with Crippen LogP contribution >= 0.6 is 0 Å². The molecule has 1 fully saturated rings. The van der Waals surface area contributed by atoms with Gasteiger partial charge in [-0.25, -0.2) is 0 Å². The Morgan fingerprint density at radius 2 is 2.16 bits per heavy atom. The van der Waals surface area contributed by atoms with E-state index < -0.39 is 0 Å². The monoisotopic (exact) mass is 263 g/mol. The first-order chi connectivity index (χ1) is 9.20. The zero-order valence-electron chi connectivity index (χ0n) is 11.3. The van der Waals surface area contributed by atoms with E-state index in [1.165, 1.54) is 7.11 Å². The van der Waals surface area contributed by atoms with Gasteiger partial charge in [-0.15, -0.1) is 0 Å². The highest BCUT2D eigenvalue weighted by molar-refractivity contribution is 5.71. The maximum Gasteiger partial charge on any atom is 0.305 e. The van der Waals surface area contributed by atoms with Crippen LogP contribution in [0.1, 0.15) is 12.0 Å². The summed E-state index contributed by atoms with van der Waals surface area (Å²) >= 11 is 0. The summed E-state index contributed by atoms with van der Waals surface area (Å²) in [5, 5.41) is 3.32. The third-order valence-electron chi connectivity index (χ3n) is 3.40. The van der Waals surface area contributed by atoms with Gasteiger partial charge in [-0.1, -0.05) is 6.07 Å². The molecule has 0 atom stereocenters. The molecule has 1 aliphatic heterocycles. The Bertz CT molecular complexity index is 442. The van der Waals surface area contributed by atoms with Crippen LogP contribution in [-0.4, -0.2) is 39.3 Å². The van der Waals surface area contributed by atoms with Crippen molar-refractivity contribution in [3.05, 3.63) is 23.8 Å². The van der Waals surface area contributed by atoms with Gasteiger partial charge in [0.05, 0.1) is 18.5 Å². The first kappa shape index (κ1) is 13.7. The molecule has 1 saturated heterocycles. The summed E-state index contributed by atoms with van der Waals surface area (Å²) in [4.78, 5) is 13.4. The molecule has 2 rings (SSSR count). The van der Waals surface area contributed by atoms with E-state index in [1.807, 2.05) is 18.2 Å². The topological polar surface area (TPSA) is 67.6 Å². The Morgan fingerprint density at radius 3 is 2.79 bits per heavy atom. The lowest BCUT2D eigenvalue weighted by molar-refractivity contribution is -0.140.